The summed E-state index contributed by atoms with van der Waals surface area (Å²) in [6.07, 6.45) is 8.03. The second kappa shape index (κ2) is 10.2. The SMILES string of the molecule is O=C(O)CC1CCC(OC2CCN(c3ccc(-c4nc5c(Br)c(F)c(F)cc5[nH]4)cn3)CC2)CC1. The number of hydrogen-bond acceptors (Lipinski definition) is 5. The minimum atomic E-state index is -0.956. The van der Waals surface area contributed by atoms with E-state index < -0.39 is 17.6 Å². The zero-order valence-electron chi connectivity index (χ0n) is 19.1. The Morgan fingerprint density at radius 1 is 1.14 bits per heavy atom. The van der Waals surface area contributed by atoms with Gasteiger partial charge in [-0.25, -0.2) is 18.7 Å². The number of carboxylic acids is 1. The van der Waals surface area contributed by atoms with Crippen molar-refractivity contribution in [1.82, 2.24) is 15.0 Å². The van der Waals surface area contributed by atoms with E-state index in [1.165, 1.54) is 0 Å². The van der Waals surface area contributed by atoms with Gasteiger partial charge in [-0.15, -0.1) is 0 Å². The Morgan fingerprint density at radius 3 is 2.51 bits per heavy atom. The molecule has 1 aromatic carbocycles. The Bertz CT molecular complexity index is 1200. The number of aromatic nitrogens is 3. The van der Waals surface area contributed by atoms with Crippen LogP contribution in [0.4, 0.5) is 14.6 Å². The number of piperidine rings is 1. The molecule has 2 fully saturated rings. The number of rotatable bonds is 6. The molecule has 7 nitrogen and oxygen atoms in total. The highest BCUT2D eigenvalue weighted by Crippen LogP contribution is 2.32. The van der Waals surface area contributed by atoms with Gasteiger partial charge in [0.1, 0.15) is 17.2 Å². The summed E-state index contributed by atoms with van der Waals surface area (Å²) in [4.78, 5) is 25.2. The topological polar surface area (TPSA) is 91.3 Å². The van der Waals surface area contributed by atoms with E-state index in [0.29, 0.717) is 16.9 Å². The molecule has 2 aliphatic rings. The Labute approximate surface area is 210 Å². The number of benzene rings is 1. The van der Waals surface area contributed by atoms with Crippen molar-refractivity contribution < 1.29 is 23.4 Å². The highest BCUT2D eigenvalue weighted by Gasteiger charge is 2.28. The third-order valence-electron chi connectivity index (χ3n) is 7.04. The van der Waals surface area contributed by atoms with E-state index in [4.69, 9.17) is 9.84 Å². The summed E-state index contributed by atoms with van der Waals surface area (Å²) in [6.45, 7) is 1.70. The summed E-state index contributed by atoms with van der Waals surface area (Å²) < 4.78 is 33.9. The third kappa shape index (κ3) is 5.33. The molecule has 0 atom stereocenters. The van der Waals surface area contributed by atoms with Crippen molar-refractivity contribution in [2.45, 2.75) is 57.2 Å². The molecule has 0 spiro atoms. The first-order chi connectivity index (χ1) is 16.9. The maximum absolute atomic E-state index is 13.8. The molecule has 1 saturated heterocycles. The minimum absolute atomic E-state index is 0.00188. The van der Waals surface area contributed by atoms with Crippen LogP contribution in [0.1, 0.15) is 44.9 Å². The predicted octanol–water partition coefficient (Wildman–Crippen LogP) is 5.68. The van der Waals surface area contributed by atoms with E-state index in [1.807, 2.05) is 12.1 Å². The fourth-order valence-corrected chi connectivity index (χ4v) is 5.61. The monoisotopic (exact) mass is 548 g/mol. The summed E-state index contributed by atoms with van der Waals surface area (Å²) in [7, 11) is 0. The zero-order chi connectivity index (χ0) is 24.5. The Kier molecular flexibility index (Phi) is 7.02. The lowest BCUT2D eigenvalue weighted by molar-refractivity contribution is -0.138. The van der Waals surface area contributed by atoms with Gasteiger partial charge in [0.15, 0.2) is 11.6 Å². The number of halogens is 3. The van der Waals surface area contributed by atoms with Gasteiger partial charge in [0.25, 0.3) is 0 Å². The van der Waals surface area contributed by atoms with Gasteiger partial charge in [-0.3, -0.25) is 4.79 Å². The number of hydrogen-bond donors (Lipinski definition) is 2. The molecular formula is C25H27BrF2N4O3. The maximum Gasteiger partial charge on any atom is 0.303 e. The molecule has 5 rings (SSSR count). The van der Waals surface area contributed by atoms with Gasteiger partial charge in [-0.1, -0.05) is 0 Å². The maximum atomic E-state index is 13.8. The number of ether oxygens (including phenoxy) is 1. The van der Waals surface area contributed by atoms with Gasteiger partial charge in [0.2, 0.25) is 0 Å². The summed E-state index contributed by atoms with van der Waals surface area (Å²) in [6, 6.07) is 4.93. The minimum Gasteiger partial charge on any atom is -0.481 e. The van der Waals surface area contributed by atoms with Crippen molar-refractivity contribution in [3.05, 3.63) is 40.5 Å². The van der Waals surface area contributed by atoms with Crippen molar-refractivity contribution in [1.29, 1.82) is 0 Å². The number of imidazole rings is 1. The van der Waals surface area contributed by atoms with E-state index in [2.05, 4.69) is 35.8 Å². The van der Waals surface area contributed by atoms with Gasteiger partial charge in [0.05, 0.1) is 22.2 Å². The van der Waals surface area contributed by atoms with E-state index in [1.54, 1.807) is 6.20 Å². The van der Waals surface area contributed by atoms with E-state index in [0.717, 1.165) is 69.1 Å². The van der Waals surface area contributed by atoms with Crippen molar-refractivity contribution in [2.24, 2.45) is 5.92 Å². The molecule has 2 N–H and O–H groups in total. The van der Waals surface area contributed by atoms with Gasteiger partial charge in [-0.2, -0.15) is 0 Å². The standard InChI is InChI=1S/C25H27BrF2N4O3/c26-22-23(28)18(27)12-19-24(22)31-25(30-19)15-3-6-20(29-13-15)32-9-7-17(8-10-32)35-16-4-1-14(2-5-16)11-21(33)34/h3,6,12-14,16-17H,1-2,4-5,7-11H2,(H,30,31)(H,33,34). The summed E-state index contributed by atoms with van der Waals surface area (Å²) in [5.41, 5.74) is 1.47. The fraction of sp³-hybridized carbons (Fsp3) is 0.480. The van der Waals surface area contributed by atoms with E-state index >= 15 is 0 Å². The number of pyridine rings is 1. The van der Waals surface area contributed by atoms with Crippen LogP contribution in [0, 0.1) is 17.6 Å². The second-order valence-electron chi connectivity index (χ2n) is 9.44. The van der Waals surface area contributed by atoms with Crippen LogP contribution in [0.3, 0.4) is 0 Å². The normalized spacial score (nSPS) is 21.5. The van der Waals surface area contributed by atoms with Crippen LogP contribution >= 0.6 is 15.9 Å². The van der Waals surface area contributed by atoms with E-state index in [9.17, 15) is 13.6 Å². The number of carboxylic acid groups (broad SMARTS) is 1. The quantitative estimate of drug-likeness (QED) is 0.385. The fourth-order valence-electron chi connectivity index (χ4n) is 5.12. The highest BCUT2D eigenvalue weighted by molar-refractivity contribution is 9.10. The molecule has 3 heterocycles. The van der Waals surface area contributed by atoms with Crippen LogP contribution < -0.4 is 4.90 Å². The van der Waals surface area contributed by atoms with Gasteiger partial charge < -0.3 is 19.7 Å². The molecule has 1 aliphatic carbocycles. The molecule has 10 heteroatoms. The molecule has 0 amide bonds. The predicted molar refractivity (Wildman–Crippen MR) is 131 cm³/mol. The number of nitrogens with one attached hydrogen (secondary N) is 1. The lowest BCUT2D eigenvalue weighted by Gasteiger charge is -2.36. The number of anilines is 1. The molecular weight excluding hydrogens is 522 g/mol. The third-order valence-corrected chi connectivity index (χ3v) is 7.77. The van der Waals surface area contributed by atoms with Crippen molar-refractivity contribution in [3.63, 3.8) is 0 Å². The Morgan fingerprint density at radius 2 is 1.86 bits per heavy atom. The van der Waals surface area contributed by atoms with Crippen LogP contribution in [0.15, 0.2) is 28.9 Å². The molecule has 35 heavy (non-hydrogen) atoms. The number of H-pyrrole nitrogens is 1. The number of aliphatic carboxylic acids is 1. The lowest BCUT2D eigenvalue weighted by atomic mass is 9.85. The largest absolute Gasteiger partial charge is 0.481 e. The summed E-state index contributed by atoms with van der Waals surface area (Å²) in [5, 5.41) is 8.97. The van der Waals surface area contributed by atoms with Crippen LogP contribution in [-0.2, 0) is 9.53 Å². The van der Waals surface area contributed by atoms with Gasteiger partial charge >= 0.3 is 5.97 Å². The number of fused-ring (bicyclic) bond motifs is 1. The molecule has 1 saturated carbocycles. The van der Waals surface area contributed by atoms with Crippen LogP contribution in [-0.4, -0.2) is 51.3 Å². The summed E-state index contributed by atoms with van der Waals surface area (Å²) >= 11 is 3.08. The molecule has 0 radical (unpaired) electrons. The molecule has 0 unspecified atom stereocenters. The van der Waals surface area contributed by atoms with E-state index in [-0.39, 0.29) is 29.0 Å². The average molecular weight is 549 g/mol. The first-order valence-corrected chi connectivity index (χ1v) is 12.8. The number of aromatic amines is 1. The number of nitrogens with zero attached hydrogens (tertiary/aromatic N) is 3. The second-order valence-corrected chi connectivity index (χ2v) is 10.2. The summed E-state index contributed by atoms with van der Waals surface area (Å²) in [5.74, 6) is -0.953. The Hall–Kier alpha value is -2.59. The van der Waals surface area contributed by atoms with Gasteiger partial charge in [0, 0.05) is 37.3 Å². The van der Waals surface area contributed by atoms with Crippen molar-refractivity contribution >= 4 is 38.8 Å². The molecule has 3 aromatic rings. The smallest absolute Gasteiger partial charge is 0.303 e. The zero-order valence-corrected chi connectivity index (χ0v) is 20.7. The first-order valence-electron chi connectivity index (χ1n) is 12.0. The van der Waals surface area contributed by atoms with Crippen molar-refractivity contribution in [3.8, 4) is 11.4 Å². The Balaban J connectivity index is 1.15. The van der Waals surface area contributed by atoms with Crippen LogP contribution in [0.25, 0.3) is 22.4 Å². The van der Waals surface area contributed by atoms with Crippen LogP contribution in [0.5, 0.6) is 0 Å². The first kappa shape index (κ1) is 24.1. The molecule has 1 aliphatic heterocycles. The molecule has 186 valence electrons. The molecule has 2 aromatic heterocycles. The van der Waals surface area contributed by atoms with Gasteiger partial charge in [-0.05, 0) is 72.5 Å². The number of carbonyl (C=O) groups is 1. The lowest BCUT2D eigenvalue weighted by Crippen LogP contribution is -2.39. The average Bonchev–Trinajstić information content (AvgIpc) is 3.28. The highest BCUT2D eigenvalue weighted by atomic mass is 79.9. The van der Waals surface area contributed by atoms with Crippen LogP contribution in [0.2, 0.25) is 0 Å². The molecule has 0 bridgehead atoms. The van der Waals surface area contributed by atoms with Crippen molar-refractivity contribution in [2.75, 3.05) is 18.0 Å².